The molecule has 1 fully saturated rings. The first-order valence-corrected chi connectivity index (χ1v) is 16.0. The van der Waals surface area contributed by atoms with E-state index < -0.39 is 81.6 Å². The quantitative estimate of drug-likeness (QED) is 0.140. The number of anilines is 2. The number of furan rings is 1. The van der Waals surface area contributed by atoms with Crippen LogP contribution in [0.1, 0.15) is 5.76 Å². The fraction of sp³-hybridized carbons (Fsp3) is 0.273. The Kier molecular flexibility index (Phi) is 6.96. The zero-order valence-corrected chi connectivity index (χ0v) is 24.3. The van der Waals surface area contributed by atoms with Gasteiger partial charge in [0.25, 0.3) is 23.0 Å². The van der Waals surface area contributed by atoms with Crippen LogP contribution in [0.25, 0.3) is 16.9 Å². The predicted octanol–water partition coefficient (Wildman–Crippen LogP) is -1.36. The predicted molar refractivity (Wildman–Crippen MR) is 152 cm³/mol. The van der Waals surface area contributed by atoms with Crippen LogP contribution in [0, 0.1) is 5.92 Å². The van der Waals surface area contributed by atoms with Gasteiger partial charge in [-0.1, -0.05) is 6.08 Å². The summed E-state index contributed by atoms with van der Waals surface area (Å²) in [5.41, 5.74) is 11.1. The fourth-order valence-corrected chi connectivity index (χ4v) is 6.60. The summed E-state index contributed by atoms with van der Waals surface area (Å²) in [6, 6.07) is 1.34. The summed E-state index contributed by atoms with van der Waals surface area (Å²) in [6.07, 6.45) is 2.36. The monoisotopic (exact) mass is 672 g/mol. The van der Waals surface area contributed by atoms with Gasteiger partial charge in [0.2, 0.25) is 17.6 Å². The Morgan fingerprint density at radius 1 is 1.13 bits per heavy atom. The molecule has 0 radical (unpaired) electrons. The molecule has 2 bridgehead atoms. The van der Waals surface area contributed by atoms with Crippen LogP contribution in [0.5, 0.6) is 11.5 Å². The highest BCUT2D eigenvalue weighted by molar-refractivity contribution is 7.55. The fourth-order valence-electron chi connectivity index (χ4n) is 5.11. The van der Waals surface area contributed by atoms with E-state index in [0.717, 1.165) is 4.57 Å². The van der Waals surface area contributed by atoms with Crippen molar-refractivity contribution in [3.63, 3.8) is 0 Å². The number of hydrogen-bond acceptors (Lipinski definition) is 19. The first-order valence-electron chi connectivity index (χ1n) is 12.9. The molecule has 0 aromatic carbocycles. The topological polar surface area (TPSA) is 311 Å². The SMILES string of the molecule is Nc1nc2c(ccn2C2=C3O[P+](O)(O)OCc4oc(N5C=CC6C(N)NCNC65)c(O)c4O[P+](O)(O)O/C=C(/O2)[C@H]3O)c(=O)[nH]1. The van der Waals surface area contributed by atoms with E-state index in [0.29, 0.717) is 12.9 Å². The average Bonchev–Trinajstić information content (AvgIpc) is 3.72. The van der Waals surface area contributed by atoms with Crippen LogP contribution in [0.2, 0.25) is 0 Å². The zero-order chi connectivity index (χ0) is 31.8. The third-order valence-electron chi connectivity index (χ3n) is 7.15. The van der Waals surface area contributed by atoms with Crippen molar-refractivity contribution >= 4 is 45.1 Å². The van der Waals surface area contributed by atoms with Crippen LogP contribution in [-0.4, -0.2) is 69.4 Å². The largest absolute Gasteiger partial charge is 0.663 e. The summed E-state index contributed by atoms with van der Waals surface area (Å²) in [5.74, 6) is -4.16. The van der Waals surface area contributed by atoms with Crippen molar-refractivity contribution in [1.29, 1.82) is 0 Å². The number of aromatic nitrogens is 3. The van der Waals surface area contributed by atoms with Crippen molar-refractivity contribution < 1.29 is 57.0 Å². The number of aromatic hydroxyl groups is 1. The second-order valence-corrected chi connectivity index (χ2v) is 12.8. The molecule has 45 heavy (non-hydrogen) atoms. The lowest BCUT2D eigenvalue weighted by Gasteiger charge is -2.36. The first-order chi connectivity index (χ1) is 21.3. The highest BCUT2D eigenvalue weighted by Crippen LogP contribution is 2.61. The molecule has 3 aromatic rings. The molecule has 21 nitrogen and oxygen atoms in total. The number of nitrogens with one attached hydrogen (secondary N) is 3. The van der Waals surface area contributed by atoms with Gasteiger partial charge in [-0.25, -0.2) is 4.52 Å². The molecule has 240 valence electrons. The second-order valence-electron chi connectivity index (χ2n) is 10.0. The maximum atomic E-state index is 12.3. The Morgan fingerprint density at radius 3 is 2.73 bits per heavy atom. The number of nitrogen functional groups attached to an aromatic ring is 1. The van der Waals surface area contributed by atoms with Crippen LogP contribution < -0.4 is 37.1 Å². The van der Waals surface area contributed by atoms with Gasteiger partial charge in [-0.05, 0) is 6.07 Å². The number of aromatic amines is 1. The van der Waals surface area contributed by atoms with E-state index in [4.69, 9.17) is 38.7 Å². The van der Waals surface area contributed by atoms with Crippen LogP contribution >= 0.6 is 16.3 Å². The van der Waals surface area contributed by atoms with Gasteiger partial charge < -0.3 is 30.8 Å². The molecule has 7 heterocycles. The lowest BCUT2D eigenvalue weighted by atomic mass is 10.0. The van der Waals surface area contributed by atoms with Gasteiger partial charge in [-0.3, -0.25) is 38.9 Å². The smallest absolute Gasteiger partial charge is 0.500 e. The first kappa shape index (κ1) is 29.7. The maximum Gasteiger partial charge on any atom is 0.663 e. The van der Waals surface area contributed by atoms with Gasteiger partial charge in [0.05, 0.1) is 17.7 Å². The van der Waals surface area contributed by atoms with E-state index in [9.17, 15) is 34.6 Å². The number of hydrogen-bond donors (Lipinski definition) is 11. The molecule has 4 aliphatic rings. The van der Waals surface area contributed by atoms with E-state index in [1.807, 2.05) is 0 Å². The Hall–Kier alpha value is -3.98. The molecular formula is C22H26N8O13P2+2. The van der Waals surface area contributed by atoms with Gasteiger partial charge in [0.1, 0.15) is 0 Å². The number of nitrogens with two attached hydrogens (primary N) is 2. The summed E-state index contributed by atoms with van der Waals surface area (Å²) in [6.45, 7) is -0.542. The molecule has 3 unspecified atom stereocenters. The molecule has 4 atom stereocenters. The molecule has 1 saturated heterocycles. The molecule has 4 aliphatic heterocycles. The molecule has 0 spiro atoms. The molecule has 23 heteroatoms. The number of aliphatic hydroxyl groups is 1. The number of nitrogens with zero attached hydrogens (tertiary/aromatic N) is 3. The minimum Gasteiger partial charge on any atom is -0.500 e. The van der Waals surface area contributed by atoms with E-state index >= 15 is 0 Å². The Balaban J connectivity index is 1.27. The zero-order valence-electron chi connectivity index (χ0n) is 22.5. The number of ether oxygens (including phenoxy) is 1. The van der Waals surface area contributed by atoms with E-state index in [1.165, 1.54) is 17.2 Å². The molecule has 0 amide bonds. The van der Waals surface area contributed by atoms with Crippen molar-refractivity contribution in [3.8, 4) is 11.5 Å². The van der Waals surface area contributed by atoms with Crippen molar-refractivity contribution in [3.05, 3.63) is 58.4 Å². The van der Waals surface area contributed by atoms with Crippen LogP contribution in [0.3, 0.4) is 0 Å². The van der Waals surface area contributed by atoms with Crippen molar-refractivity contribution in [2.75, 3.05) is 17.3 Å². The highest BCUT2D eigenvalue weighted by atomic mass is 31.2. The van der Waals surface area contributed by atoms with Gasteiger partial charge in [0, 0.05) is 25.0 Å². The van der Waals surface area contributed by atoms with Crippen molar-refractivity contribution in [2.24, 2.45) is 11.7 Å². The molecule has 0 saturated carbocycles. The Labute approximate surface area is 251 Å². The number of rotatable bonds is 2. The summed E-state index contributed by atoms with van der Waals surface area (Å²) >= 11 is 0. The van der Waals surface area contributed by atoms with E-state index in [2.05, 4.69) is 20.6 Å². The third kappa shape index (κ3) is 5.15. The summed E-state index contributed by atoms with van der Waals surface area (Å²) in [4.78, 5) is 63.0. The van der Waals surface area contributed by atoms with Gasteiger partial charge in [0.15, 0.2) is 36.1 Å². The Bertz CT molecular complexity index is 1830. The van der Waals surface area contributed by atoms with Crippen LogP contribution in [0.4, 0.5) is 11.8 Å². The molecule has 13 N–H and O–H groups in total. The third-order valence-corrected chi connectivity index (χ3v) is 8.85. The molecule has 7 rings (SSSR count). The van der Waals surface area contributed by atoms with Crippen molar-refractivity contribution in [1.82, 2.24) is 25.2 Å². The lowest BCUT2D eigenvalue weighted by molar-refractivity contribution is 0.102. The van der Waals surface area contributed by atoms with Crippen molar-refractivity contribution in [2.45, 2.75) is 25.0 Å². The van der Waals surface area contributed by atoms with Gasteiger partial charge in [-0.2, -0.15) is 24.6 Å². The summed E-state index contributed by atoms with van der Waals surface area (Å²) in [7, 11) is -9.85. The van der Waals surface area contributed by atoms with Crippen LogP contribution in [-0.2, 0) is 24.9 Å². The van der Waals surface area contributed by atoms with E-state index in [-0.39, 0.29) is 28.8 Å². The molecular weight excluding hydrogens is 646 g/mol. The van der Waals surface area contributed by atoms with Gasteiger partial charge in [-0.15, -0.1) is 4.52 Å². The second kappa shape index (κ2) is 10.5. The lowest BCUT2D eigenvalue weighted by Crippen LogP contribution is -2.62. The maximum absolute atomic E-state index is 12.3. The number of H-pyrrole nitrogens is 1. The molecule has 0 aliphatic carbocycles. The van der Waals surface area contributed by atoms with Gasteiger partial charge >= 0.3 is 16.3 Å². The Morgan fingerprint density at radius 2 is 1.93 bits per heavy atom. The number of aliphatic hydroxyl groups excluding tert-OH is 1. The minimum absolute atomic E-state index is 0.0494. The average molecular weight is 672 g/mol. The normalized spacial score (nSPS) is 28.4. The standard InChI is InChI=1S/C22H24N8O13P2/c23-16-8-1-3-29(17(8)26-7-25-16)20-13(32)14-11(41-20)6-39-45(36,37)43-15-12(31)10(5-38-44(34,35)42-14)40-21(15)30-4-2-9-18(30)27-22(24)28-19(9)33/h1-5,8,12,16-17,25-26,31,34-37H,6-7,23H2,(H2-2,24,27,28,32,33)/p+2/b10-5+/t8?,12-,16?,17?/m1/s1. The summed E-state index contributed by atoms with van der Waals surface area (Å²) < 4.78 is 33.3. The summed E-state index contributed by atoms with van der Waals surface area (Å²) in [5, 5.41) is 28.3. The minimum atomic E-state index is -4.93. The van der Waals surface area contributed by atoms with Crippen LogP contribution in [0.15, 0.2) is 51.5 Å². The van der Waals surface area contributed by atoms with E-state index in [1.54, 1.807) is 12.3 Å². The highest BCUT2D eigenvalue weighted by Gasteiger charge is 2.53. The molecule has 3 aromatic heterocycles. The number of fused-ring (bicyclic) bond motifs is 5.